The molecule has 3 N–H and O–H groups in total. The molecule has 2 unspecified atom stereocenters. The molecule has 0 spiro atoms. The average molecular weight is 386 g/mol. The van der Waals surface area contributed by atoms with Gasteiger partial charge in [0, 0.05) is 0 Å². The van der Waals surface area contributed by atoms with E-state index in [0.29, 0.717) is 11.5 Å². The van der Waals surface area contributed by atoms with E-state index in [4.69, 9.17) is 10.8 Å². The monoisotopic (exact) mass is 385 g/mol. The van der Waals surface area contributed by atoms with Crippen molar-refractivity contribution >= 4 is 17.7 Å². The number of hydrogen-bond donors (Lipinski definition) is 2. The summed E-state index contributed by atoms with van der Waals surface area (Å²) >= 11 is 1.29. The lowest BCUT2D eigenvalue weighted by Crippen LogP contribution is -2.30. The number of halogens is 3. The van der Waals surface area contributed by atoms with Crippen LogP contribution in [-0.2, 0) is 4.79 Å². The fourth-order valence-electron chi connectivity index (χ4n) is 1.76. The highest BCUT2D eigenvalue weighted by Crippen LogP contribution is 2.36. The number of carboxylic acids is 1. The molecule has 0 aromatic heterocycles. The first-order valence-electron chi connectivity index (χ1n) is 8.65. The lowest BCUT2D eigenvalue weighted by Gasteiger charge is -2.21. The summed E-state index contributed by atoms with van der Waals surface area (Å²) in [7, 11) is 0. The molecule has 25 heavy (non-hydrogen) atoms. The summed E-state index contributed by atoms with van der Waals surface area (Å²) in [6.45, 7) is 11.3. The third kappa shape index (κ3) is 15.1. The normalized spacial score (nSPS) is 14.1. The summed E-state index contributed by atoms with van der Waals surface area (Å²) in [5.41, 5.74) is 5.58. The second-order valence-corrected chi connectivity index (χ2v) is 5.74. The molecule has 7 heteroatoms. The molecule has 0 aliphatic carbocycles. The Hall–Kier alpha value is -0.950. The fraction of sp³-hybridized carbons (Fsp3) is 0.722. The van der Waals surface area contributed by atoms with E-state index in [9.17, 15) is 18.0 Å². The van der Waals surface area contributed by atoms with Crippen LogP contribution in [0.3, 0.4) is 0 Å². The minimum Gasteiger partial charge on any atom is -0.480 e. The predicted octanol–water partition coefficient (Wildman–Crippen LogP) is 5.67. The van der Waals surface area contributed by atoms with Gasteiger partial charge < -0.3 is 10.8 Å². The number of thioether (sulfide) groups is 1. The van der Waals surface area contributed by atoms with Crippen LogP contribution in [0.2, 0.25) is 0 Å². The van der Waals surface area contributed by atoms with Gasteiger partial charge in [-0.05, 0) is 43.8 Å². The van der Waals surface area contributed by atoms with Crippen LogP contribution in [0.5, 0.6) is 0 Å². The lowest BCUT2D eigenvalue weighted by atomic mass is 9.95. The van der Waals surface area contributed by atoms with E-state index in [1.807, 2.05) is 27.7 Å². The minimum atomic E-state index is -4.28. The number of allylic oxidation sites excluding steroid dienone is 4. The molecule has 0 aliphatic rings. The lowest BCUT2D eigenvalue weighted by molar-refractivity contribution is -0.163. The number of aliphatic carboxylic acids is 1. The van der Waals surface area contributed by atoms with E-state index in [2.05, 4.69) is 0 Å². The highest BCUT2D eigenvalue weighted by Gasteiger charge is 2.40. The van der Waals surface area contributed by atoms with Gasteiger partial charge in [0.15, 0.2) is 0 Å². The summed E-state index contributed by atoms with van der Waals surface area (Å²) in [5.74, 6) is -1.83. The first-order valence-corrected chi connectivity index (χ1v) is 9.81. The van der Waals surface area contributed by atoms with E-state index in [1.165, 1.54) is 23.9 Å². The molecule has 0 aromatic carbocycles. The van der Waals surface area contributed by atoms with Crippen molar-refractivity contribution in [2.24, 2.45) is 11.7 Å². The topological polar surface area (TPSA) is 63.3 Å². The highest BCUT2D eigenvalue weighted by molar-refractivity contribution is 7.99. The van der Waals surface area contributed by atoms with Crippen LogP contribution in [0.15, 0.2) is 23.8 Å². The molecule has 0 saturated carbocycles. The Balaban J connectivity index is -0.00000112. The van der Waals surface area contributed by atoms with E-state index < -0.39 is 24.1 Å². The zero-order chi connectivity index (χ0) is 20.5. The second kappa shape index (κ2) is 17.9. The molecule has 0 saturated heterocycles. The van der Waals surface area contributed by atoms with Gasteiger partial charge in [0.2, 0.25) is 0 Å². The van der Waals surface area contributed by atoms with Crippen molar-refractivity contribution in [3.63, 3.8) is 0 Å². The van der Waals surface area contributed by atoms with Crippen LogP contribution in [0.1, 0.15) is 54.4 Å². The van der Waals surface area contributed by atoms with E-state index in [-0.39, 0.29) is 18.4 Å². The smallest absolute Gasteiger partial charge is 0.395 e. The first-order chi connectivity index (χ1) is 11.7. The maximum absolute atomic E-state index is 13.0. The third-order valence-corrected chi connectivity index (χ3v) is 3.98. The van der Waals surface area contributed by atoms with Crippen LogP contribution < -0.4 is 5.73 Å². The summed E-state index contributed by atoms with van der Waals surface area (Å²) in [4.78, 5) is 10.5. The predicted molar refractivity (Wildman–Crippen MR) is 103 cm³/mol. The molecule has 0 aromatic rings. The molecule has 0 rings (SSSR count). The minimum absolute atomic E-state index is 0.0273. The van der Waals surface area contributed by atoms with Crippen LogP contribution >= 0.6 is 11.8 Å². The van der Waals surface area contributed by atoms with Crippen LogP contribution in [0, 0.1) is 5.92 Å². The Labute approximate surface area is 154 Å². The maximum atomic E-state index is 13.0. The van der Waals surface area contributed by atoms with Gasteiger partial charge in [-0.2, -0.15) is 24.9 Å². The van der Waals surface area contributed by atoms with Crippen LogP contribution in [-0.4, -0.2) is 34.8 Å². The Morgan fingerprint density at radius 3 is 1.96 bits per heavy atom. The van der Waals surface area contributed by atoms with E-state index >= 15 is 0 Å². The number of alkyl halides is 3. The molecule has 0 aliphatic heterocycles. The third-order valence-electron chi connectivity index (χ3n) is 2.93. The van der Waals surface area contributed by atoms with Crippen LogP contribution in [0.25, 0.3) is 0 Å². The van der Waals surface area contributed by atoms with Gasteiger partial charge in [-0.3, -0.25) is 4.79 Å². The average Bonchev–Trinajstić information content (AvgIpc) is 2.58. The quantitative estimate of drug-likeness (QED) is 0.397. The summed E-state index contributed by atoms with van der Waals surface area (Å²) in [6.07, 6.45) is 0.487. The molecule has 0 bridgehead atoms. The van der Waals surface area contributed by atoms with Gasteiger partial charge in [0.1, 0.15) is 6.04 Å². The Morgan fingerprint density at radius 1 is 1.12 bits per heavy atom. The Morgan fingerprint density at radius 2 is 1.60 bits per heavy atom. The summed E-state index contributed by atoms with van der Waals surface area (Å²) < 4.78 is 39.1. The summed E-state index contributed by atoms with van der Waals surface area (Å²) in [6, 6.07) is -0.954. The standard InChI is InChI=1S/C14H22F3NO2S.2C2H6/c1-3-5-10(4-2)11(14(15,16)17)6-8-21-9-7-12(18)13(19)20;2*1-2/h3-5,11-12H,6-9,18H2,1-2H3,(H,19,20);2*1-2H3/b5-3-,10-4+;;. The number of hydrogen-bond acceptors (Lipinski definition) is 3. The molecule has 3 nitrogen and oxygen atoms in total. The van der Waals surface area contributed by atoms with Gasteiger partial charge in [-0.25, -0.2) is 0 Å². The summed E-state index contributed by atoms with van der Waals surface area (Å²) in [5, 5.41) is 8.60. The molecule has 2 atom stereocenters. The molecule has 0 fully saturated rings. The fourth-order valence-corrected chi connectivity index (χ4v) is 2.79. The van der Waals surface area contributed by atoms with Crippen molar-refractivity contribution in [2.75, 3.05) is 11.5 Å². The van der Waals surface area contributed by atoms with Crippen molar-refractivity contribution in [1.82, 2.24) is 0 Å². The largest absolute Gasteiger partial charge is 0.480 e. The zero-order valence-electron chi connectivity index (χ0n) is 16.2. The van der Waals surface area contributed by atoms with Crippen molar-refractivity contribution in [3.8, 4) is 0 Å². The number of nitrogens with two attached hydrogens (primary N) is 1. The van der Waals surface area contributed by atoms with Crippen LogP contribution in [0.4, 0.5) is 13.2 Å². The van der Waals surface area contributed by atoms with Crippen molar-refractivity contribution in [1.29, 1.82) is 0 Å². The number of rotatable bonds is 9. The maximum Gasteiger partial charge on any atom is 0.395 e. The van der Waals surface area contributed by atoms with E-state index in [1.54, 1.807) is 19.9 Å². The van der Waals surface area contributed by atoms with E-state index in [0.717, 1.165) is 0 Å². The Kier molecular flexibility index (Phi) is 20.6. The molecule has 0 amide bonds. The zero-order valence-corrected chi connectivity index (χ0v) is 17.0. The van der Waals surface area contributed by atoms with Gasteiger partial charge in [-0.15, -0.1) is 0 Å². The van der Waals surface area contributed by atoms with Crippen molar-refractivity contribution in [2.45, 2.75) is 66.6 Å². The molecule has 0 heterocycles. The number of carbonyl (C=O) groups is 1. The SMILES string of the molecule is C/C=C\C(=C/C)C(CCSCCC(N)C(=O)O)C(F)(F)F.CC.CC. The van der Waals surface area contributed by atoms with Crippen molar-refractivity contribution in [3.05, 3.63) is 23.8 Å². The molecular formula is C18H34F3NO2S. The van der Waals surface area contributed by atoms with Gasteiger partial charge in [-0.1, -0.05) is 45.9 Å². The highest BCUT2D eigenvalue weighted by atomic mass is 32.2. The second-order valence-electron chi connectivity index (χ2n) is 4.52. The first kappa shape index (κ1) is 28.8. The van der Waals surface area contributed by atoms with Crippen molar-refractivity contribution < 1.29 is 23.1 Å². The van der Waals surface area contributed by atoms with Gasteiger partial charge in [0.25, 0.3) is 0 Å². The van der Waals surface area contributed by atoms with Gasteiger partial charge in [0.05, 0.1) is 5.92 Å². The molecule has 0 radical (unpaired) electrons. The number of carboxylic acid groups (broad SMARTS) is 1. The van der Waals surface area contributed by atoms with Gasteiger partial charge >= 0.3 is 12.1 Å². The molecular weight excluding hydrogens is 351 g/mol. The molecule has 150 valence electrons. The Bertz CT molecular complexity index is 383.